The molecule has 57 heavy (non-hydrogen) atoms. The molecule has 0 aromatic rings. The van der Waals surface area contributed by atoms with E-state index < -0.39 is 13.9 Å². The fourth-order valence-corrected chi connectivity index (χ4v) is 6.49. The van der Waals surface area contributed by atoms with Crippen LogP contribution in [-0.2, 0) is 27.9 Å². The lowest BCUT2D eigenvalue weighted by Crippen LogP contribution is -2.37. The Morgan fingerprint density at radius 1 is 0.561 bits per heavy atom. The number of quaternary nitrogens is 1. The Labute approximate surface area is 351 Å². The van der Waals surface area contributed by atoms with Gasteiger partial charge in [0, 0.05) is 13.0 Å². The number of unbranched alkanes of at least 4 members (excludes halogenated alkanes) is 15. The molecule has 0 bridgehead atoms. The summed E-state index contributed by atoms with van der Waals surface area (Å²) in [6, 6.07) is 0. The van der Waals surface area contributed by atoms with Crippen LogP contribution in [0.5, 0.6) is 0 Å². The Hall–Kier alpha value is -2.06. The summed E-state index contributed by atoms with van der Waals surface area (Å²) >= 11 is 0. The van der Waals surface area contributed by atoms with E-state index in [2.05, 4.69) is 86.8 Å². The van der Waals surface area contributed by atoms with E-state index >= 15 is 0 Å². The first-order valence-corrected chi connectivity index (χ1v) is 24.2. The number of allylic oxidation sites excluding steroid dienone is 12. The first-order chi connectivity index (χ1) is 27.6. The molecule has 330 valence electrons. The van der Waals surface area contributed by atoms with Crippen LogP contribution in [0.25, 0.3) is 0 Å². The van der Waals surface area contributed by atoms with Crippen molar-refractivity contribution in [1.82, 2.24) is 0 Å². The molecule has 0 fully saturated rings. The normalized spacial score (nSPS) is 14.4. The monoisotopic (exact) mass is 821 g/mol. The number of phosphoric ester groups is 1. The van der Waals surface area contributed by atoms with Crippen molar-refractivity contribution in [3.63, 3.8) is 0 Å². The van der Waals surface area contributed by atoms with Crippen molar-refractivity contribution in [3.8, 4) is 0 Å². The van der Waals surface area contributed by atoms with E-state index in [0.717, 1.165) is 89.9 Å². The van der Waals surface area contributed by atoms with Gasteiger partial charge in [0.15, 0.2) is 0 Å². The summed E-state index contributed by atoms with van der Waals surface area (Å²) in [6.45, 7) is 5.42. The molecule has 0 radical (unpaired) electrons. The van der Waals surface area contributed by atoms with Gasteiger partial charge in [-0.05, 0) is 83.5 Å². The molecule has 9 heteroatoms. The van der Waals surface area contributed by atoms with Gasteiger partial charge in [0.2, 0.25) is 0 Å². The summed E-state index contributed by atoms with van der Waals surface area (Å²) in [5, 5.41) is 0. The van der Waals surface area contributed by atoms with Crippen LogP contribution < -0.4 is 0 Å². The molecule has 0 heterocycles. The molecule has 0 saturated heterocycles. The number of hydrogen-bond acceptors (Lipinski definition) is 6. The van der Waals surface area contributed by atoms with Crippen molar-refractivity contribution in [3.05, 3.63) is 72.9 Å². The van der Waals surface area contributed by atoms with Gasteiger partial charge in [-0.25, -0.2) is 4.57 Å². The summed E-state index contributed by atoms with van der Waals surface area (Å²) in [4.78, 5) is 22.9. The van der Waals surface area contributed by atoms with Gasteiger partial charge >= 0.3 is 13.8 Å². The van der Waals surface area contributed by atoms with Crippen LogP contribution in [0.3, 0.4) is 0 Å². The van der Waals surface area contributed by atoms with Crippen molar-refractivity contribution in [2.24, 2.45) is 0 Å². The number of rotatable bonds is 41. The molecule has 0 aliphatic heterocycles. The average Bonchev–Trinajstić information content (AvgIpc) is 3.16. The maximum atomic E-state index is 12.7. The number of ether oxygens (including phenoxy) is 2. The molecule has 0 aliphatic carbocycles. The molecule has 0 aliphatic rings. The fraction of sp³-hybridized carbons (Fsp3) is 0.729. The van der Waals surface area contributed by atoms with Gasteiger partial charge in [0.05, 0.1) is 34.4 Å². The van der Waals surface area contributed by atoms with Crippen LogP contribution in [0.15, 0.2) is 72.9 Å². The second kappa shape index (κ2) is 40.7. The molecule has 0 aromatic carbocycles. The van der Waals surface area contributed by atoms with E-state index in [1.54, 1.807) is 0 Å². The molecule has 0 amide bonds. The van der Waals surface area contributed by atoms with Gasteiger partial charge in [0.25, 0.3) is 0 Å². The van der Waals surface area contributed by atoms with Crippen molar-refractivity contribution in [2.45, 2.75) is 174 Å². The zero-order chi connectivity index (χ0) is 42.0. The highest BCUT2D eigenvalue weighted by molar-refractivity contribution is 7.47. The topological polar surface area (TPSA) is 91.3 Å². The molecule has 2 unspecified atom stereocenters. The minimum atomic E-state index is -4.29. The van der Waals surface area contributed by atoms with Crippen LogP contribution in [0, 0.1) is 0 Å². The average molecular weight is 821 g/mol. The van der Waals surface area contributed by atoms with Crippen LogP contribution in [-0.4, -0.2) is 75.6 Å². The maximum Gasteiger partial charge on any atom is 0.472 e. The predicted octanol–water partition coefficient (Wildman–Crippen LogP) is 13.5. The van der Waals surface area contributed by atoms with Crippen LogP contribution in [0.1, 0.15) is 168 Å². The highest BCUT2D eigenvalue weighted by Crippen LogP contribution is 2.43. The van der Waals surface area contributed by atoms with E-state index in [1.807, 2.05) is 21.1 Å². The zero-order valence-corrected chi connectivity index (χ0v) is 38.2. The Kier molecular flexibility index (Phi) is 39.2. The van der Waals surface area contributed by atoms with E-state index in [1.165, 1.54) is 57.8 Å². The number of esters is 1. The third kappa shape index (κ3) is 44.9. The summed E-state index contributed by atoms with van der Waals surface area (Å²) < 4.78 is 35.0. The van der Waals surface area contributed by atoms with Crippen molar-refractivity contribution in [1.29, 1.82) is 0 Å². The molecule has 0 aromatic heterocycles. The van der Waals surface area contributed by atoms with Gasteiger partial charge in [-0.3, -0.25) is 13.8 Å². The van der Waals surface area contributed by atoms with Crippen molar-refractivity contribution >= 4 is 13.8 Å². The SMILES string of the molecule is CC/C=C\C/C=C\C/C=C\CCCCCCCC(=O)OC(COCCCCCCCCC/C=C\C/C=C\C/C=C\CCCCC)COP(=O)(O)OCC[N+](C)(C)C. The highest BCUT2D eigenvalue weighted by atomic mass is 31.2. The van der Waals surface area contributed by atoms with E-state index in [0.29, 0.717) is 24.1 Å². The first-order valence-electron chi connectivity index (χ1n) is 22.7. The minimum Gasteiger partial charge on any atom is -0.457 e. The summed E-state index contributed by atoms with van der Waals surface area (Å²) in [6.07, 6.45) is 52.2. The van der Waals surface area contributed by atoms with Crippen LogP contribution in [0.2, 0.25) is 0 Å². The van der Waals surface area contributed by atoms with E-state index in [-0.39, 0.29) is 25.8 Å². The van der Waals surface area contributed by atoms with Gasteiger partial charge < -0.3 is 18.9 Å². The molecular weight excluding hydrogens is 734 g/mol. The Morgan fingerprint density at radius 2 is 1.02 bits per heavy atom. The largest absolute Gasteiger partial charge is 0.472 e. The standard InChI is InChI=1S/C48H86NO7P/c1-6-8-10-12-14-16-18-20-22-23-24-25-26-28-30-32-34-36-38-40-43-53-45-47(46-55-57(51,52)54-44-42-49(3,4)5)56-48(50)41-39-37-35-33-31-29-27-21-19-17-15-13-11-9-7-2/h9,11,14-17,20-22,24-25,27,47H,6-8,10,12-13,18-19,23,26,28-46H2,1-5H3/p+1/b11-9-,16-14-,17-15-,22-20-,25-24-,27-21-. The zero-order valence-electron chi connectivity index (χ0n) is 37.3. The van der Waals surface area contributed by atoms with Crippen LogP contribution in [0.4, 0.5) is 0 Å². The number of carbonyl (C=O) groups excluding carboxylic acids is 1. The maximum absolute atomic E-state index is 12.7. The smallest absolute Gasteiger partial charge is 0.457 e. The number of phosphoric acid groups is 1. The molecule has 0 saturated carbocycles. The number of hydrogen-bond donors (Lipinski definition) is 1. The Balaban J connectivity index is 4.27. The van der Waals surface area contributed by atoms with E-state index in [9.17, 15) is 14.3 Å². The predicted molar refractivity (Wildman–Crippen MR) is 242 cm³/mol. The summed E-state index contributed by atoms with van der Waals surface area (Å²) in [5.41, 5.74) is 0. The molecule has 2 atom stereocenters. The fourth-order valence-electron chi connectivity index (χ4n) is 5.75. The van der Waals surface area contributed by atoms with Crippen molar-refractivity contribution in [2.75, 3.05) is 54.1 Å². The quantitative estimate of drug-likeness (QED) is 0.0216. The number of carbonyl (C=O) groups is 1. The number of nitrogens with zero attached hydrogens (tertiary/aromatic N) is 1. The Bertz CT molecular complexity index is 1140. The lowest BCUT2D eigenvalue weighted by atomic mass is 10.1. The minimum absolute atomic E-state index is 0.0791. The van der Waals surface area contributed by atoms with Gasteiger partial charge in [0.1, 0.15) is 19.3 Å². The molecule has 0 spiro atoms. The van der Waals surface area contributed by atoms with Crippen LogP contribution >= 0.6 is 7.82 Å². The van der Waals surface area contributed by atoms with Gasteiger partial charge in [-0.15, -0.1) is 0 Å². The first kappa shape index (κ1) is 54.9. The van der Waals surface area contributed by atoms with Gasteiger partial charge in [-0.1, -0.05) is 151 Å². The second-order valence-corrected chi connectivity index (χ2v) is 17.5. The highest BCUT2D eigenvalue weighted by Gasteiger charge is 2.26. The lowest BCUT2D eigenvalue weighted by molar-refractivity contribution is -0.870. The van der Waals surface area contributed by atoms with Gasteiger partial charge in [-0.2, -0.15) is 0 Å². The number of likely N-dealkylation sites (N-methyl/N-ethyl adjacent to an activating group) is 1. The molecule has 1 N–H and O–H groups in total. The van der Waals surface area contributed by atoms with E-state index in [4.69, 9.17) is 18.5 Å². The second-order valence-electron chi connectivity index (χ2n) is 16.0. The molecule has 0 rings (SSSR count). The summed E-state index contributed by atoms with van der Waals surface area (Å²) in [7, 11) is 1.64. The molecule has 8 nitrogen and oxygen atoms in total. The third-order valence-corrected chi connectivity index (χ3v) is 10.2. The molecular formula is C48H87NO7P+. The Morgan fingerprint density at radius 3 is 1.53 bits per heavy atom. The lowest BCUT2D eigenvalue weighted by Gasteiger charge is -2.24. The summed E-state index contributed by atoms with van der Waals surface area (Å²) in [5.74, 6) is -0.337. The third-order valence-electron chi connectivity index (χ3n) is 9.25. The van der Waals surface area contributed by atoms with Crippen molar-refractivity contribution < 1.29 is 37.3 Å².